The highest BCUT2D eigenvalue weighted by molar-refractivity contribution is 5.29. The molecular formula is C18H27N3. The zero-order valence-corrected chi connectivity index (χ0v) is 13.9. The van der Waals surface area contributed by atoms with Gasteiger partial charge in [-0.05, 0) is 45.4 Å². The molecule has 0 saturated carbocycles. The smallest absolute Gasteiger partial charge is 0.0624 e. The second-order valence-electron chi connectivity index (χ2n) is 5.99. The van der Waals surface area contributed by atoms with Crippen LogP contribution in [0.2, 0.25) is 0 Å². The van der Waals surface area contributed by atoms with E-state index in [9.17, 15) is 0 Å². The van der Waals surface area contributed by atoms with Crippen LogP contribution in [0.15, 0.2) is 24.3 Å². The first-order chi connectivity index (χ1) is 10.0. The van der Waals surface area contributed by atoms with Crippen molar-refractivity contribution in [2.24, 2.45) is 7.05 Å². The Kier molecular flexibility index (Phi) is 5.18. The number of nitrogens with zero attached hydrogens (tertiary/aromatic N) is 2. The standard InChI is InChI=1S/C18H27N3/c1-6-16-11-18(21(5)20-16)12-17(19-4)10-15-8-13(2)7-14(3)9-15/h7-9,11,17,19H,6,10,12H2,1-5H3. The van der Waals surface area contributed by atoms with Crippen molar-refractivity contribution in [1.29, 1.82) is 0 Å². The summed E-state index contributed by atoms with van der Waals surface area (Å²) in [7, 11) is 4.09. The largest absolute Gasteiger partial charge is 0.316 e. The number of rotatable bonds is 6. The summed E-state index contributed by atoms with van der Waals surface area (Å²) in [6, 6.07) is 9.47. The van der Waals surface area contributed by atoms with Crippen molar-refractivity contribution < 1.29 is 0 Å². The van der Waals surface area contributed by atoms with Gasteiger partial charge < -0.3 is 5.32 Å². The lowest BCUT2D eigenvalue weighted by Crippen LogP contribution is -2.30. The molecule has 0 saturated heterocycles. The molecule has 0 radical (unpaired) electrons. The summed E-state index contributed by atoms with van der Waals surface area (Å²) in [5.41, 5.74) is 6.57. The molecule has 2 aromatic rings. The van der Waals surface area contributed by atoms with Crippen LogP contribution in [0.25, 0.3) is 0 Å². The van der Waals surface area contributed by atoms with E-state index in [0.717, 1.165) is 19.3 Å². The number of aryl methyl sites for hydroxylation is 4. The van der Waals surface area contributed by atoms with Gasteiger partial charge in [0.1, 0.15) is 0 Å². The van der Waals surface area contributed by atoms with E-state index >= 15 is 0 Å². The summed E-state index contributed by atoms with van der Waals surface area (Å²) in [5, 5.41) is 7.99. The average molecular weight is 285 g/mol. The van der Waals surface area contributed by atoms with Crippen LogP contribution in [0.5, 0.6) is 0 Å². The quantitative estimate of drug-likeness (QED) is 0.884. The van der Waals surface area contributed by atoms with Crippen LogP contribution in [0.1, 0.15) is 35.0 Å². The highest BCUT2D eigenvalue weighted by Gasteiger charge is 2.12. The Morgan fingerprint density at radius 1 is 1.10 bits per heavy atom. The molecule has 3 heteroatoms. The number of benzene rings is 1. The summed E-state index contributed by atoms with van der Waals surface area (Å²) >= 11 is 0. The number of likely N-dealkylation sites (N-methyl/N-ethyl adjacent to an activating group) is 1. The van der Waals surface area contributed by atoms with E-state index in [1.807, 2.05) is 18.8 Å². The Labute approximate surface area is 128 Å². The molecule has 2 rings (SSSR count). The van der Waals surface area contributed by atoms with Crippen molar-refractivity contribution in [3.63, 3.8) is 0 Å². The average Bonchev–Trinajstić information content (AvgIpc) is 2.77. The Hall–Kier alpha value is -1.61. The monoisotopic (exact) mass is 285 g/mol. The molecule has 1 unspecified atom stereocenters. The molecule has 0 fully saturated rings. The number of hydrogen-bond donors (Lipinski definition) is 1. The van der Waals surface area contributed by atoms with Gasteiger partial charge in [-0.3, -0.25) is 4.68 Å². The molecule has 21 heavy (non-hydrogen) atoms. The second-order valence-corrected chi connectivity index (χ2v) is 5.99. The van der Waals surface area contributed by atoms with Gasteiger partial charge in [-0.15, -0.1) is 0 Å². The minimum Gasteiger partial charge on any atom is -0.316 e. The van der Waals surface area contributed by atoms with Gasteiger partial charge in [0.05, 0.1) is 5.69 Å². The van der Waals surface area contributed by atoms with Crippen molar-refractivity contribution in [3.8, 4) is 0 Å². The van der Waals surface area contributed by atoms with Crippen LogP contribution >= 0.6 is 0 Å². The lowest BCUT2D eigenvalue weighted by molar-refractivity contribution is 0.533. The van der Waals surface area contributed by atoms with Gasteiger partial charge in [0, 0.05) is 25.2 Å². The van der Waals surface area contributed by atoms with Crippen LogP contribution in [0.3, 0.4) is 0 Å². The third-order valence-electron chi connectivity index (χ3n) is 4.02. The first-order valence-electron chi connectivity index (χ1n) is 7.78. The van der Waals surface area contributed by atoms with E-state index in [2.05, 4.69) is 55.5 Å². The molecule has 114 valence electrons. The molecule has 1 N–H and O–H groups in total. The summed E-state index contributed by atoms with van der Waals surface area (Å²) in [6.45, 7) is 6.48. The Balaban J connectivity index is 2.10. The van der Waals surface area contributed by atoms with Gasteiger partial charge in [-0.2, -0.15) is 5.10 Å². The molecule has 0 amide bonds. The van der Waals surface area contributed by atoms with Crippen LogP contribution in [0.4, 0.5) is 0 Å². The molecule has 0 aliphatic heterocycles. The van der Waals surface area contributed by atoms with E-state index < -0.39 is 0 Å². The third kappa shape index (κ3) is 4.18. The second kappa shape index (κ2) is 6.90. The molecular weight excluding hydrogens is 258 g/mol. The number of nitrogens with one attached hydrogen (secondary N) is 1. The fourth-order valence-electron chi connectivity index (χ4n) is 2.94. The van der Waals surface area contributed by atoms with Crippen molar-refractivity contribution in [2.45, 2.75) is 46.1 Å². The normalized spacial score (nSPS) is 12.6. The lowest BCUT2D eigenvalue weighted by Gasteiger charge is -2.17. The van der Waals surface area contributed by atoms with E-state index in [4.69, 9.17) is 0 Å². The highest BCUT2D eigenvalue weighted by Crippen LogP contribution is 2.14. The van der Waals surface area contributed by atoms with Crippen LogP contribution < -0.4 is 5.32 Å². The fourth-order valence-corrected chi connectivity index (χ4v) is 2.94. The molecule has 1 aromatic heterocycles. The minimum atomic E-state index is 0.436. The predicted molar refractivity (Wildman–Crippen MR) is 88.8 cm³/mol. The summed E-state index contributed by atoms with van der Waals surface area (Å²) in [4.78, 5) is 0. The van der Waals surface area contributed by atoms with Crippen molar-refractivity contribution in [1.82, 2.24) is 15.1 Å². The van der Waals surface area contributed by atoms with Gasteiger partial charge in [0.2, 0.25) is 0 Å². The first kappa shape index (κ1) is 15.8. The molecule has 0 aliphatic rings. The zero-order chi connectivity index (χ0) is 15.4. The zero-order valence-electron chi connectivity index (χ0n) is 13.9. The molecule has 1 atom stereocenters. The maximum absolute atomic E-state index is 4.54. The van der Waals surface area contributed by atoms with E-state index in [1.165, 1.54) is 28.1 Å². The van der Waals surface area contributed by atoms with Crippen molar-refractivity contribution in [2.75, 3.05) is 7.05 Å². The van der Waals surface area contributed by atoms with E-state index in [1.54, 1.807) is 0 Å². The van der Waals surface area contributed by atoms with Crippen LogP contribution in [0, 0.1) is 13.8 Å². The van der Waals surface area contributed by atoms with Gasteiger partial charge >= 0.3 is 0 Å². The Morgan fingerprint density at radius 3 is 2.29 bits per heavy atom. The number of hydrogen-bond acceptors (Lipinski definition) is 2. The highest BCUT2D eigenvalue weighted by atomic mass is 15.3. The van der Waals surface area contributed by atoms with Crippen molar-refractivity contribution >= 4 is 0 Å². The maximum Gasteiger partial charge on any atom is 0.0624 e. The molecule has 3 nitrogen and oxygen atoms in total. The molecule has 0 bridgehead atoms. The summed E-state index contributed by atoms with van der Waals surface area (Å²) in [6.07, 6.45) is 3.05. The number of aromatic nitrogens is 2. The SMILES string of the molecule is CCc1cc(CC(Cc2cc(C)cc(C)c2)NC)n(C)n1. The summed E-state index contributed by atoms with van der Waals surface area (Å²) < 4.78 is 2.02. The van der Waals surface area contributed by atoms with Gasteiger partial charge in [-0.25, -0.2) is 0 Å². The van der Waals surface area contributed by atoms with Crippen LogP contribution in [-0.4, -0.2) is 22.9 Å². The lowest BCUT2D eigenvalue weighted by atomic mass is 9.98. The fraction of sp³-hybridized carbons (Fsp3) is 0.500. The molecule has 0 aliphatic carbocycles. The summed E-state index contributed by atoms with van der Waals surface area (Å²) in [5.74, 6) is 0. The Bertz CT molecular complexity index is 578. The Morgan fingerprint density at radius 2 is 1.76 bits per heavy atom. The topological polar surface area (TPSA) is 29.9 Å². The third-order valence-corrected chi connectivity index (χ3v) is 4.02. The van der Waals surface area contributed by atoms with Gasteiger partial charge in [0.15, 0.2) is 0 Å². The molecule has 1 heterocycles. The first-order valence-corrected chi connectivity index (χ1v) is 7.78. The van der Waals surface area contributed by atoms with Crippen molar-refractivity contribution in [3.05, 3.63) is 52.3 Å². The predicted octanol–water partition coefficient (Wildman–Crippen LogP) is 2.97. The van der Waals surface area contributed by atoms with E-state index in [0.29, 0.717) is 6.04 Å². The molecule has 1 aromatic carbocycles. The molecule has 0 spiro atoms. The maximum atomic E-state index is 4.54. The minimum absolute atomic E-state index is 0.436. The van der Waals surface area contributed by atoms with Gasteiger partial charge in [-0.1, -0.05) is 36.2 Å². The van der Waals surface area contributed by atoms with E-state index in [-0.39, 0.29) is 0 Å². The van der Waals surface area contributed by atoms with Gasteiger partial charge in [0.25, 0.3) is 0 Å². The van der Waals surface area contributed by atoms with Crippen LogP contribution in [-0.2, 0) is 26.3 Å².